The van der Waals surface area contributed by atoms with Crippen LogP contribution in [0.4, 0.5) is 0 Å². The van der Waals surface area contributed by atoms with Gasteiger partial charge < -0.3 is 13.4 Å². The van der Waals surface area contributed by atoms with Crippen LogP contribution in [0.1, 0.15) is 0 Å². The Morgan fingerprint density at radius 1 is 0.362 bits per heavy atom. The highest BCUT2D eigenvalue weighted by atomic mass is 16.3. The van der Waals surface area contributed by atoms with E-state index in [-0.39, 0.29) is 0 Å². The summed E-state index contributed by atoms with van der Waals surface area (Å²) < 4.78 is 15.5. The number of aromatic nitrogens is 1. The van der Waals surface area contributed by atoms with Gasteiger partial charge in [0.2, 0.25) is 0 Å². The first kappa shape index (κ1) is 26.0. The smallest absolute Gasteiger partial charge is 0.161 e. The van der Waals surface area contributed by atoms with E-state index < -0.39 is 0 Å². The molecule has 0 aliphatic carbocycles. The number of rotatable bonds is 4. The van der Waals surface area contributed by atoms with Gasteiger partial charge in [0.25, 0.3) is 0 Å². The Balaban J connectivity index is 1.18. The van der Waals surface area contributed by atoms with Gasteiger partial charge >= 0.3 is 0 Å². The highest BCUT2D eigenvalue weighted by Crippen LogP contribution is 2.43. The summed E-state index contributed by atoms with van der Waals surface area (Å²) >= 11 is 0. The molecule has 3 heterocycles. The second-order valence-electron chi connectivity index (χ2n) is 12.1. The topological polar surface area (TPSA) is 31.2 Å². The molecule has 0 aliphatic heterocycles. The van der Waals surface area contributed by atoms with Crippen LogP contribution in [0.25, 0.3) is 94.0 Å². The first-order valence-electron chi connectivity index (χ1n) is 15.9. The molecule has 47 heavy (non-hydrogen) atoms. The average molecular weight is 602 g/mol. The zero-order chi connectivity index (χ0) is 30.9. The third-order valence-corrected chi connectivity index (χ3v) is 9.42. The molecule has 0 amide bonds. The fourth-order valence-electron chi connectivity index (χ4n) is 7.27. The molecule has 0 unspecified atom stereocenters. The lowest BCUT2D eigenvalue weighted by atomic mass is 9.93. The Hall–Kier alpha value is -6.32. The molecule has 3 heteroatoms. The number of hydrogen-bond acceptors (Lipinski definition) is 2. The van der Waals surface area contributed by atoms with E-state index in [9.17, 15) is 0 Å². The molecule has 0 bridgehead atoms. The maximum absolute atomic E-state index is 6.62. The van der Waals surface area contributed by atoms with Crippen molar-refractivity contribution in [3.63, 3.8) is 0 Å². The summed E-state index contributed by atoms with van der Waals surface area (Å²) in [4.78, 5) is 0. The van der Waals surface area contributed by atoms with E-state index in [0.29, 0.717) is 0 Å². The van der Waals surface area contributed by atoms with Gasteiger partial charge in [-0.3, -0.25) is 0 Å². The van der Waals surface area contributed by atoms with Gasteiger partial charge in [0.1, 0.15) is 22.3 Å². The Morgan fingerprint density at radius 3 is 1.83 bits per heavy atom. The van der Waals surface area contributed by atoms with Crippen molar-refractivity contribution in [1.29, 1.82) is 0 Å². The SMILES string of the molecule is c1ccc(-c2ccc3oc4c(-c5ccccc5-c5ccc6oc7c8ccccc8n(-c8ccccc8)c7c6c5)cccc4c3c2)cc1. The highest BCUT2D eigenvalue weighted by molar-refractivity contribution is 6.17. The second-order valence-corrected chi connectivity index (χ2v) is 12.1. The molecule has 0 spiro atoms. The molecule has 3 nitrogen and oxygen atoms in total. The Morgan fingerprint density at radius 2 is 0.979 bits per heavy atom. The Kier molecular flexibility index (Phi) is 5.57. The lowest BCUT2D eigenvalue weighted by Crippen LogP contribution is -1.93. The molecule has 0 fully saturated rings. The normalized spacial score (nSPS) is 11.8. The van der Waals surface area contributed by atoms with Gasteiger partial charge in [0, 0.05) is 32.8 Å². The fraction of sp³-hybridized carbons (Fsp3) is 0. The van der Waals surface area contributed by atoms with Crippen LogP contribution in [0, 0.1) is 0 Å². The summed E-state index contributed by atoms with van der Waals surface area (Å²) in [5.41, 5.74) is 13.7. The van der Waals surface area contributed by atoms with E-state index in [1.807, 2.05) is 0 Å². The number of nitrogens with zero attached hydrogens (tertiary/aromatic N) is 1. The largest absolute Gasteiger partial charge is 0.455 e. The lowest BCUT2D eigenvalue weighted by Gasteiger charge is -2.11. The van der Waals surface area contributed by atoms with Crippen molar-refractivity contribution >= 4 is 54.9 Å². The third-order valence-electron chi connectivity index (χ3n) is 9.42. The van der Waals surface area contributed by atoms with Crippen molar-refractivity contribution in [3.05, 3.63) is 164 Å². The van der Waals surface area contributed by atoms with Crippen molar-refractivity contribution in [2.75, 3.05) is 0 Å². The van der Waals surface area contributed by atoms with Crippen LogP contribution < -0.4 is 0 Å². The van der Waals surface area contributed by atoms with Gasteiger partial charge in [0.05, 0.1) is 5.52 Å². The van der Waals surface area contributed by atoms with Gasteiger partial charge in [-0.05, 0) is 76.3 Å². The number of benzene rings is 7. The minimum absolute atomic E-state index is 0.875. The lowest BCUT2D eigenvalue weighted by molar-refractivity contribution is 0.670. The molecule has 3 aromatic heterocycles. The minimum atomic E-state index is 0.875. The fourth-order valence-corrected chi connectivity index (χ4v) is 7.27. The molecule has 220 valence electrons. The predicted octanol–water partition coefficient (Wildman–Crippen LogP) is 12.4. The van der Waals surface area contributed by atoms with Gasteiger partial charge in [-0.2, -0.15) is 0 Å². The Bertz CT molecular complexity index is 2780. The van der Waals surface area contributed by atoms with Gasteiger partial charge in [-0.15, -0.1) is 0 Å². The van der Waals surface area contributed by atoms with E-state index in [1.165, 1.54) is 11.1 Å². The van der Waals surface area contributed by atoms with Crippen LogP contribution >= 0.6 is 0 Å². The molecular formula is C44H27NO2. The van der Waals surface area contributed by atoms with Crippen molar-refractivity contribution in [2.45, 2.75) is 0 Å². The molecule has 0 saturated carbocycles. The molecule has 0 saturated heterocycles. The molecule has 0 atom stereocenters. The van der Waals surface area contributed by atoms with Gasteiger partial charge in [0.15, 0.2) is 5.58 Å². The number of hydrogen-bond donors (Lipinski definition) is 0. The molecule has 0 aliphatic rings. The molecule has 0 N–H and O–H groups in total. The van der Waals surface area contributed by atoms with Crippen LogP contribution in [0.2, 0.25) is 0 Å². The summed E-state index contributed by atoms with van der Waals surface area (Å²) in [6, 6.07) is 57.6. The molecular weight excluding hydrogens is 574 g/mol. The van der Waals surface area contributed by atoms with Crippen LogP contribution in [0.3, 0.4) is 0 Å². The van der Waals surface area contributed by atoms with E-state index in [0.717, 1.165) is 82.9 Å². The monoisotopic (exact) mass is 601 g/mol. The second kappa shape index (κ2) is 10.1. The number of fused-ring (bicyclic) bond motifs is 8. The summed E-state index contributed by atoms with van der Waals surface area (Å²) in [6.07, 6.45) is 0. The minimum Gasteiger partial charge on any atom is -0.455 e. The quantitative estimate of drug-likeness (QED) is 0.201. The standard InChI is InChI=1S/C44H27NO2/c1-3-12-28(13-4-1)29-22-24-40-37(26-29)35-20-11-19-34(43(35)46-40)33-17-8-7-16-32(33)30-23-25-41-38(27-30)42-44(47-41)36-18-9-10-21-39(36)45(42)31-14-5-2-6-15-31/h1-27H. The van der Waals surface area contributed by atoms with Crippen LogP contribution in [0.15, 0.2) is 173 Å². The van der Waals surface area contributed by atoms with Crippen molar-refractivity contribution in [3.8, 4) is 39.1 Å². The number of para-hydroxylation sites is 3. The molecule has 7 aromatic carbocycles. The van der Waals surface area contributed by atoms with E-state index in [1.54, 1.807) is 0 Å². The maximum atomic E-state index is 6.62. The third kappa shape index (κ3) is 3.93. The molecule has 10 rings (SSSR count). The van der Waals surface area contributed by atoms with Crippen LogP contribution in [0.5, 0.6) is 0 Å². The Labute approximate surface area is 270 Å². The maximum Gasteiger partial charge on any atom is 0.161 e. The van der Waals surface area contributed by atoms with E-state index in [4.69, 9.17) is 8.83 Å². The zero-order valence-electron chi connectivity index (χ0n) is 25.4. The number of furan rings is 2. The summed E-state index contributed by atoms with van der Waals surface area (Å²) in [5, 5.41) is 4.43. The summed E-state index contributed by atoms with van der Waals surface area (Å²) in [5.74, 6) is 0. The van der Waals surface area contributed by atoms with Crippen molar-refractivity contribution in [1.82, 2.24) is 4.57 Å². The molecule has 10 aromatic rings. The molecule has 0 radical (unpaired) electrons. The van der Waals surface area contributed by atoms with Crippen LogP contribution in [-0.2, 0) is 0 Å². The average Bonchev–Trinajstić information content (AvgIpc) is 3.81. The highest BCUT2D eigenvalue weighted by Gasteiger charge is 2.21. The zero-order valence-corrected chi connectivity index (χ0v) is 25.4. The van der Waals surface area contributed by atoms with Crippen LogP contribution in [-0.4, -0.2) is 4.57 Å². The summed E-state index contributed by atoms with van der Waals surface area (Å²) in [6.45, 7) is 0. The first-order valence-corrected chi connectivity index (χ1v) is 15.9. The first-order chi connectivity index (χ1) is 23.3. The van der Waals surface area contributed by atoms with Gasteiger partial charge in [-0.1, -0.05) is 115 Å². The van der Waals surface area contributed by atoms with Gasteiger partial charge in [-0.25, -0.2) is 0 Å². The van der Waals surface area contributed by atoms with Crippen molar-refractivity contribution in [2.24, 2.45) is 0 Å². The van der Waals surface area contributed by atoms with Crippen molar-refractivity contribution < 1.29 is 8.83 Å². The predicted molar refractivity (Wildman–Crippen MR) is 194 cm³/mol. The van der Waals surface area contributed by atoms with E-state index in [2.05, 4.69) is 168 Å². The summed E-state index contributed by atoms with van der Waals surface area (Å²) in [7, 11) is 0. The van der Waals surface area contributed by atoms with E-state index >= 15 is 0 Å².